The maximum atomic E-state index is 6.13. The van der Waals surface area contributed by atoms with Gasteiger partial charge in [0.05, 0.1) is 0 Å². The number of nitrogens with zero attached hydrogens (tertiary/aromatic N) is 6. The van der Waals surface area contributed by atoms with Crippen LogP contribution in [-0.4, -0.2) is 58.5 Å². The van der Waals surface area contributed by atoms with E-state index in [1.807, 2.05) is 31.2 Å². The van der Waals surface area contributed by atoms with Crippen LogP contribution in [0.2, 0.25) is 0 Å². The summed E-state index contributed by atoms with van der Waals surface area (Å²) in [5, 5.41) is 0. The first-order chi connectivity index (χ1) is 11.7. The number of nitrogens with two attached hydrogens (primary N) is 1. The SMILES string of the molecule is Cc1cccc(CCN=C(N)N2CCN(c3ncccn3)CC2)n1.I. The second kappa shape index (κ2) is 9.50. The monoisotopic (exact) mass is 453 g/mol. The number of guanidine groups is 1. The molecule has 1 aliphatic heterocycles. The molecule has 0 amide bonds. The molecule has 2 aromatic heterocycles. The van der Waals surface area contributed by atoms with Crippen LogP contribution in [-0.2, 0) is 6.42 Å². The van der Waals surface area contributed by atoms with E-state index < -0.39 is 0 Å². The Morgan fingerprint density at radius 1 is 1.12 bits per heavy atom. The van der Waals surface area contributed by atoms with E-state index in [0.29, 0.717) is 12.5 Å². The fraction of sp³-hybridized carbons (Fsp3) is 0.412. The van der Waals surface area contributed by atoms with Crippen molar-refractivity contribution < 1.29 is 0 Å². The predicted octanol–water partition coefficient (Wildman–Crippen LogP) is 1.48. The molecule has 25 heavy (non-hydrogen) atoms. The van der Waals surface area contributed by atoms with Gasteiger partial charge in [-0.05, 0) is 25.1 Å². The zero-order valence-electron chi connectivity index (χ0n) is 14.4. The van der Waals surface area contributed by atoms with Gasteiger partial charge in [0.15, 0.2) is 5.96 Å². The third-order valence-electron chi connectivity index (χ3n) is 4.03. The lowest BCUT2D eigenvalue weighted by Gasteiger charge is -2.35. The third kappa shape index (κ3) is 5.52. The molecule has 1 fully saturated rings. The van der Waals surface area contributed by atoms with Crippen molar-refractivity contribution in [2.45, 2.75) is 13.3 Å². The maximum Gasteiger partial charge on any atom is 0.225 e. The van der Waals surface area contributed by atoms with E-state index in [1.165, 1.54) is 0 Å². The topological polar surface area (TPSA) is 83.5 Å². The highest BCUT2D eigenvalue weighted by Gasteiger charge is 2.19. The molecule has 7 nitrogen and oxygen atoms in total. The standard InChI is InChI=1S/C17H23N7.HI/c1-14-4-2-5-15(22-14)6-9-19-16(18)23-10-12-24(13-11-23)17-20-7-3-8-21-17;/h2-5,7-8H,6,9-13H2,1H3,(H2,18,19);1H. The number of aromatic nitrogens is 3. The number of piperazine rings is 1. The molecular formula is C17H24IN7. The van der Waals surface area contributed by atoms with Gasteiger partial charge in [0.1, 0.15) is 0 Å². The van der Waals surface area contributed by atoms with Gasteiger partial charge in [-0.3, -0.25) is 9.98 Å². The normalized spacial score (nSPS) is 15.0. The number of anilines is 1. The number of hydrogen-bond acceptors (Lipinski definition) is 5. The Hall–Kier alpha value is -1.97. The van der Waals surface area contributed by atoms with E-state index in [9.17, 15) is 0 Å². The van der Waals surface area contributed by atoms with Crippen molar-refractivity contribution >= 4 is 35.9 Å². The molecule has 0 atom stereocenters. The number of aryl methyl sites for hydroxylation is 1. The molecule has 1 saturated heterocycles. The molecule has 0 unspecified atom stereocenters. The van der Waals surface area contributed by atoms with Gasteiger partial charge in [-0.1, -0.05) is 6.07 Å². The molecule has 8 heteroatoms. The average molecular weight is 453 g/mol. The Morgan fingerprint density at radius 2 is 1.84 bits per heavy atom. The van der Waals surface area contributed by atoms with E-state index in [2.05, 4.69) is 29.7 Å². The molecule has 0 bridgehead atoms. The minimum atomic E-state index is 0. The molecule has 0 aliphatic carbocycles. The van der Waals surface area contributed by atoms with Crippen LogP contribution in [0.5, 0.6) is 0 Å². The van der Waals surface area contributed by atoms with Gasteiger partial charge in [0.25, 0.3) is 0 Å². The van der Waals surface area contributed by atoms with Crippen molar-refractivity contribution in [1.29, 1.82) is 0 Å². The van der Waals surface area contributed by atoms with Gasteiger partial charge in [0, 0.05) is 62.9 Å². The summed E-state index contributed by atoms with van der Waals surface area (Å²) in [6, 6.07) is 7.87. The summed E-state index contributed by atoms with van der Waals surface area (Å²) >= 11 is 0. The second-order valence-electron chi connectivity index (χ2n) is 5.78. The summed E-state index contributed by atoms with van der Waals surface area (Å²) in [7, 11) is 0. The van der Waals surface area contributed by atoms with Gasteiger partial charge in [-0.25, -0.2) is 9.97 Å². The van der Waals surface area contributed by atoms with Crippen LogP contribution >= 0.6 is 24.0 Å². The molecule has 0 spiro atoms. The van der Waals surface area contributed by atoms with Crippen molar-refractivity contribution in [3.63, 3.8) is 0 Å². The van der Waals surface area contributed by atoms with E-state index in [1.54, 1.807) is 12.4 Å². The largest absolute Gasteiger partial charge is 0.370 e. The van der Waals surface area contributed by atoms with Gasteiger partial charge in [-0.2, -0.15) is 0 Å². The predicted molar refractivity (Wildman–Crippen MR) is 110 cm³/mol. The summed E-state index contributed by atoms with van der Waals surface area (Å²) in [5.41, 5.74) is 8.22. The first-order valence-corrected chi connectivity index (χ1v) is 8.22. The highest BCUT2D eigenvalue weighted by atomic mass is 127. The highest BCUT2D eigenvalue weighted by Crippen LogP contribution is 2.09. The lowest BCUT2D eigenvalue weighted by Crippen LogP contribution is -2.51. The lowest BCUT2D eigenvalue weighted by atomic mass is 10.2. The second-order valence-corrected chi connectivity index (χ2v) is 5.78. The molecule has 1 aliphatic rings. The minimum absolute atomic E-state index is 0. The summed E-state index contributed by atoms with van der Waals surface area (Å²) < 4.78 is 0. The van der Waals surface area contributed by atoms with Crippen molar-refractivity contribution in [3.8, 4) is 0 Å². The Kier molecular flexibility index (Phi) is 7.35. The Bertz CT molecular complexity index is 684. The molecule has 3 heterocycles. The molecule has 0 aromatic carbocycles. The minimum Gasteiger partial charge on any atom is -0.370 e. The first-order valence-electron chi connectivity index (χ1n) is 8.22. The van der Waals surface area contributed by atoms with Gasteiger partial charge >= 0.3 is 0 Å². The fourth-order valence-electron chi connectivity index (χ4n) is 2.71. The van der Waals surface area contributed by atoms with Crippen LogP contribution in [0.3, 0.4) is 0 Å². The zero-order valence-corrected chi connectivity index (χ0v) is 16.7. The molecule has 134 valence electrons. The van der Waals surface area contributed by atoms with Crippen molar-refractivity contribution in [2.75, 3.05) is 37.6 Å². The number of hydrogen-bond donors (Lipinski definition) is 1. The Morgan fingerprint density at radius 3 is 2.52 bits per heavy atom. The highest BCUT2D eigenvalue weighted by molar-refractivity contribution is 14.0. The number of halogens is 1. The van der Waals surface area contributed by atoms with E-state index in [4.69, 9.17) is 5.73 Å². The Balaban J connectivity index is 0.00000225. The average Bonchev–Trinajstić information content (AvgIpc) is 2.63. The Labute approximate surface area is 165 Å². The van der Waals surface area contributed by atoms with E-state index >= 15 is 0 Å². The zero-order chi connectivity index (χ0) is 16.8. The summed E-state index contributed by atoms with van der Waals surface area (Å²) in [6.45, 7) is 6.01. The molecule has 2 N–H and O–H groups in total. The summed E-state index contributed by atoms with van der Waals surface area (Å²) in [6.07, 6.45) is 4.34. The van der Waals surface area contributed by atoms with Gasteiger partial charge in [-0.15, -0.1) is 24.0 Å². The van der Waals surface area contributed by atoms with Crippen molar-refractivity contribution in [2.24, 2.45) is 10.7 Å². The van der Waals surface area contributed by atoms with E-state index in [0.717, 1.165) is 49.9 Å². The number of aliphatic imine (C=N–C) groups is 1. The van der Waals surface area contributed by atoms with Crippen LogP contribution in [0.25, 0.3) is 0 Å². The maximum absolute atomic E-state index is 6.13. The number of rotatable bonds is 4. The quantitative estimate of drug-likeness (QED) is 0.429. The van der Waals surface area contributed by atoms with Gasteiger partial charge < -0.3 is 15.5 Å². The lowest BCUT2D eigenvalue weighted by molar-refractivity contribution is 0.378. The number of pyridine rings is 1. The third-order valence-corrected chi connectivity index (χ3v) is 4.03. The van der Waals surface area contributed by atoms with Crippen LogP contribution in [0.1, 0.15) is 11.4 Å². The van der Waals surface area contributed by atoms with Crippen LogP contribution < -0.4 is 10.6 Å². The fourth-order valence-corrected chi connectivity index (χ4v) is 2.71. The first kappa shape index (κ1) is 19.4. The van der Waals surface area contributed by atoms with Crippen LogP contribution in [0.15, 0.2) is 41.7 Å². The smallest absolute Gasteiger partial charge is 0.225 e. The van der Waals surface area contributed by atoms with E-state index in [-0.39, 0.29) is 24.0 Å². The molecule has 3 rings (SSSR count). The molecule has 2 aromatic rings. The summed E-state index contributed by atoms with van der Waals surface area (Å²) in [5.74, 6) is 1.38. The molecular weight excluding hydrogens is 429 g/mol. The van der Waals surface area contributed by atoms with Gasteiger partial charge in [0.2, 0.25) is 5.95 Å². The van der Waals surface area contributed by atoms with Crippen molar-refractivity contribution in [1.82, 2.24) is 19.9 Å². The molecule has 0 radical (unpaired) electrons. The van der Waals surface area contributed by atoms with Crippen LogP contribution in [0, 0.1) is 6.92 Å². The molecule has 0 saturated carbocycles. The van der Waals surface area contributed by atoms with Crippen LogP contribution in [0.4, 0.5) is 5.95 Å². The van der Waals surface area contributed by atoms with Crippen molar-refractivity contribution in [3.05, 3.63) is 48.0 Å². The summed E-state index contributed by atoms with van der Waals surface area (Å²) in [4.78, 5) is 21.8.